The molecule has 0 spiro atoms. The first-order chi connectivity index (χ1) is 12.9. The Hall–Kier alpha value is -2.71. The topological polar surface area (TPSA) is 3.88 Å². The summed E-state index contributed by atoms with van der Waals surface area (Å²) in [5.74, 6) is 0. The van der Waals surface area contributed by atoms with Crippen molar-refractivity contribution in [3.8, 4) is 0 Å². The van der Waals surface area contributed by atoms with Crippen LogP contribution in [0.15, 0.2) is 79.0 Å². The summed E-state index contributed by atoms with van der Waals surface area (Å²) in [6.45, 7) is 1.08. The summed E-state index contributed by atoms with van der Waals surface area (Å²) >= 11 is 0. The number of nitrogens with zero attached hydrogens (tertiary/aromatic N) is 1. The maximum Gasteiger partial charge on any atom is 0.208 e. The highest BCUT2D eigenvalue weighted by molar-refractivity contribution is 6.24. The Morgan fingerprint density at radius 2 is 1.44 bits per heavy atom. The molecule has 0 N–H and O–H groups in total. The molecule has 6 rings (SSSR count). The average Bonchev–Trinajstić information content (AvgIpc) is 3.10. The third-order valence-electron chi connectivity index (χ3n) is 5.78. The lowest BCUT2D eigenvalue weighted by Crippen LogP contribution is -3.00. The number of halogens is 1. The van der Waals surface area contributed by atoms with Gasteiger partial charge in [0, 0.05) is 24.1 Å². The molecular weight excluding hydrogens is 394 g/mol. The number of hydrogen-bond donors (Lipinski definition) is 0. The van der Waals surface area contributed by atoms with Crippen molar-refractivity contribution in [1.82, 2.24) is 0 Å². The van der Waals surface area contributed by atoms with Gasteiger partial charge >= 0.3 is 0 Å². The number of hydrogen-bond acceptors (Lipinski definition) is 0. The predicted octanol–water partition coefficient (Wildman–Crippen LogP) is 2.82. The fraction of sp³-hybridized carbons (Fsp3) is 0.0800. The molecular formula is C25H18BrN. The Bertz CT molecular complexity index is 1320. The van der Waals surface area contributed by atoms with E-state index >= 15 is 0 Å². The van der Waals surface area contributed by atoms with Crippen LogP contribution in [0.3, 0.4) is 0 Å². The van der Waals surface area contributed by atoms with Gasteiger partial charge in [0.1, 0.15) is 0 Å². The van der Waals surface area contributed by atoms with Gasteiger partial charge in [-0.2, -0.15) is 4.57 Å². The van der Waals surface area contributed by atoms with Crippen LogP contribution in [-0.4, -0.2) is 0 Å². The number of allylic oxidation sites excluding steroid dienone is 1. The Kier molecular flexibility index (Phi) is 3.76. The van der Waals surface area contributed by atoms with Crippen molar-refractivity contribution in [2.24, 2.45) is 0 Å². The lowest BCUT2D eigenvalue weighted by Gasteiger charge is -2.12. The molecule has 0 bridgehead atoms. The summed E-state index contributed by atoms with van der Waals surface area (Å²) < 4.78 is 2.35. The average molecular weight is 412 g/mol. The molecule has 0 saturated carbocycles. The van der Waals surface area contributed by atoms with Crippen LogP contribution in [0, 0.1) is 0 Å². The van der Waals surface area contributed by atoms with Gasteiger partial charge in [-0.05, 0) is 50.0 Å². The van der Waals surface area contributed by atoms with Crippen molar-refractivity contribution in [1.29, 1.82) is 0 Å². The van der Waals surface area contributed by atoms with E-state index in [2.05, 4.69) is 89.6 Å². The van der Waals surface area contributed by atoms with Crippen LogP contribution in [0.4, 0.5) is 0 Å². The van der Waals surface area contributed by atoms with Crippen LogP contribution in [0.2, 0.25) is 0 Å². The number of pyridine rings is 1. The van der Waals surface area contributed by atoms with Crippen LogP contribution in [0.25, 0.3) is 44.0 Å². The zero-order valence-electron chi connectivity index (χ0n) is 14.8. The predicted molar refractivity (Wildman–Crippen MR) is 109 cm³/mol. The first-order valence-electron chi connectivity index (χ1n) is 9.24. The van der Waals surface area contributed by atoms with Gasteiger partial charge in [-0.3, -0.25) is 0 Å². The molecule has 0 saturated heterocycles. The van der Waals surface area contributed by atoms with Gasteiger partial charge in [0.15, 0.2) is 12.7 Å². The minimum absolute atomic E-state index is 0. The number of aryl methyl sites for hydroxylation is 1. The molecule has 0 aliphatic carbocycles. The summed E-state index contributed by atoms with van der Waals surface area (Å²) in [4.78, 5) is 0. The van der Waals surface area contributed by atoms with Crippen LogP contribution >= 0.6 is 0 Å². The standard InChI is InChI=1S/C25H18N.BrH/c1-2-14-26-15-13-21(23(26)6-1)16-20-10-9-19-8-7-17-4-3-5-18-11-12-22(20)25(19)24(17)18;/h1-12,14,16H,13,15H2;1H/q+1;/p-1. The summed E-state index contributed by atoms with van der Waals surface area (Å²) in [5.41, 5.74) is 4.10. The molecule has 0 fully saturated rings. The molecule has 4 aromatic carbocycles. The fourth-order valence-corrected chi connectivity index (χ4v) is 4.55. The van der Waals surface area contributed by atoms with Gasteiger partial charge < -0.3 is 17.0 Å². The van der Waals surface area contributed by atoms with E-state index in [0.717, 1.165) is 13.0 Å². The lowest BCUT2D eigenvalue weighted by atomic mass is 9.91. The van der Waals surface area contributed by atoms with Gasteiger partial charge in [0.25, 0.3) is 0 Å². The molecule has 1 aliphatic heterocycles. The molecule has 0 radical (unpaired) electrons. The first kappa shape index (κ1) is 16.5. The second-order valence-corrected chi connectivity index (χ2v) is 7.21. The quantitative estimate of drug-likeness (QED) is 0.295. The lowest BCUT2D eigenvalue weighted by molar-refractivity contribution is -0.689. The molecule has 2 heteroatoms. The molecule has 5 aromatic rings. The second-order valence-electron chi connectivity index (χ2n) is 7.21. The maximum atomic E-state index is 2.39. The van der Waals surface area contributed by atoms with E-state index < -0.39 is 0 Å². The largest absolute Gasteiger partial charge is 1.00 e. The highest BCUT2D eigenvalue weighted by Gasteiger charge is 2.23. The van der Waals surface area contributed by atoms with Crippen LogP contribution in [0.5, 0.6) is 0 Å². The molecule has 130 valence electrons. The molecule has 0 atom stereocenters. The minimum Gasteiger partial charge on any atom is -1.00 e. The third kappa shape index (κ3) is 2.40. The van der Waals surface area contributed by atoms with Gasteiger partial charge in [0.05, 0.1) is 0 Å². The summed E-state index contributed by atoms with van der Waals surface area (Å²) in [6.07, 6.45) is 5.68. The Labute approximate surface area is 168 Å². The van der Waals surface area contributed by atoms with E-state index in [1.807, 2.05) is 0 Å². The fourth-order valence-electron chi connectivity index (χ4n) is 4.55. The Balaban J connectivity index is 0.00000160. The molecule has 1 aliphatic rings. The number of benzene rings is 4. The summed E-state index contributed by atoms with van der Waals surface area (Å²) in [6, 6.07) is 26.7. The number of rotatable bonds is 1. The van der Waals surface area contributed by atoms with Crippen molar-refractivity contribution >= 4 is 44.0 Å². The Morgan fingerprint density at radius 3 is 2.30 bits per heavy atom. The highest BCUT2D eigenvalue weighted by atomic mass is 79.9. The summed E-state index contributed by atoms with van der Waals surface area (Å²) in [5, 5.41) is 8.12. The Morgan fingerprint density at radius 1 is 0.704 bits per heavy atom. The second kappa shape index (κ2) is 6.17. The smallest absolute Gasteiger partial charge is 0.208 e. The monoisotopic (exact) mass is 411 g/mol. The zero-order chi connectivity index (χ0) is 17.1. The third-order valence-corrected chi connectivity index (χ3v) is 5.78. The molecule has 0 unspecified atom stereocenters. The van der Waals surface area contributed by atoms with E-state index in [0.29, 0.717) is 0 Å². The normalized spacial score (nSPS) is 14.9. The van der Waals surface area contributed by atoms with Gasteiger partial charge in [-0.25, -0.2) is 0 Å². The zero-order valence-corrected chi connectivity index (χ0v) is 16.4. The van der Waals surface area contributed by atoms with Gasteiger partial charge in [0.2, 0.25) is 5.69 Å². The van der Waals surface area contributed by atoms with Crippen molar-refractivity contribution in [3.05, 3.63) is 90.3 Å². The van der Waals surface area contributed by atoms with Crippen molar-refractivity contribution in [2.75, 3.05) is 0 Å². The van der Waals surface area contributed by atoms with Crippen LogP contribution in [0.1, 0.15) is 17.7 Å². The highest BCUT2D eigenvalue weighted by Crippen LogP contribution is 2.37. The first-order valence-corrected chi connectivity index (χ1v) is 9.24. The molecule has 2 heterocycles. The molecule has 1 aromatic heterocycles. The number of fused-ring (bicyclic) bond motifs is 1. The van der Waals surface area contributed by atoms with Gasteiger partial charge in [-0.15, -0.1) is 0 Å². The minimum atomic E-state index is 0. The van der Waals surface area contributed by atoms with Crippen LogP contribution < -0.4 is 21.5 Å². The molecule has 0 amide bonds. The van der Waals surface area contributed by atoms with Crippen LogP contribution in [-0.2, 0) is 6.54 Å². The molecule has 1 nitrogen and oxygen atoms in total. The van der Waals surface area contributed by atoms with Crippen molar-refractivity contribution in [2.45, 2.75) is 13.0 Å². The molecule has 27 heavy (non-hydrogen) atoms. The maximum absolute atomic E-state index is 2.39. The van der Waals surface area contributed by atoms with Crippen molar-refractivity contribution < 1.29 is 21.5 Å². The number of aromatic nitrogens is 1. The van der Waals surface area contributed by atoms with Gasteiger partial charge in [-0.1, -0.05) is 54.6 Å². The van der Waals surface area contributed by atoms with E-state index in [1.165, 1.54) is 49.1 Å². The van der Waals surface area contributed by atoms with E-state index in [1.54, 1.807) is 0 Å². The summed E-state index contributed by atoms with van der Waals surface area (Å²) in [7, 11) is 0. The van der Waals surface area contributed by atoms with E-state index in [-0.39, 0.29) is 17.0 Å². The van der Waals surface area contributed by atoms with E-state index in [4.69, 9.17) is 0 Å². The van der Waals surface area contributed by atoms with E-state index in [9.17, 15) is 0 Å². The van der Waals surface area contributed by atoms with Crippen molar-refractivity contribution in [3.63, 3.8) is 0 Å². The SMILES string of the molecule is C(=C1CC[n+]2ccccc21)c1ccc2ccc3cccc4ccc1c2c34.[Br-].